The Morgan fingerprint density at radius 3 is 2.76 bits per heavy atom. The molecule has 0 aromatic carbocycles. The number of hydrogen-bond donors (Lipinski definition) is 2. The van der Waals surface area contributed by atoms with Gasteiger partial charge in [0.15, 0.2) is 0 Å². The molecule has 0 bridgehead atoms. The van der Waals surface area contributed by atoms with Crippen molar-refractivity contribution in [1.29, 1.82) is 0 Å². The van der Waals surface area contributed by atoms with Crippen molar-refractivity contribution in [3.8, 4) is 0 Å². The minimum atomic E-state index is -0.659. The van der Waals surface area contributed by atoms with E-state index in [1.807, 2.05) is 20.8 Å². The van der Waals surface area contributed by atoms with E-state index in [0.717, 1.165) is 36.8 Å². The van der Waals surface area contributed by atoms with Crippen molar-refractivity contribution in [2.75, 3.05) is 6.61 Å². The van der Waals surface area contributed by atoms with Gasteiger partial charge in [-0.1, -0.05) is 37.3 Å². The lowest BCUT2D eigenvalue weighted by Gasteiger charge is -2.42. The van der Waals surface area contributed by atoms with Crippen molar-refractivity contribution in [1.82, 2.24) is 0 Å². The SMILES string of the molecule is C=C1C(=CC=C2CCC[C@]3(C)C([C@H](C)OCCC(=O)OC(C)(C)C)=CC[C@@H]23)C[C@@H](O)C[C@@H]1O. The second-order valence-corrected chi connectivity index (χ2v) is 11.1. The van der Waals surface area contributed by atoms with Crippen LogP contribution in [0, 0.1) is 11.3 Å². The van der Waals surface area contributed by atoms with Crippen molar-refractivity contribution in [2.45, 2.75) is 103 Å². The molecule has 0 saturated heterocycles. The Morgan fingerprint density at radius 1 is 1.33 bits per heavy atom. The number of ether oxygens (including phenoxy) is 2. The summed E-state index contributed by atoms with van der Waals surface area (Å²) in [6.45, 7) is 14.4. The van der Waals surface area contributed by atoms with Gasteiger partial charge in [-0.2, -0.15) is 0 Å². The van der Waals surface area contributed by atoms with E-state index in [1.54, 1.807) is 0 Å². The molecular weight excluding hydrogens is 416 g/mol. The maximum absolute atomic E-state index is 12.0. The van der Waals surface area contributed by atoms with Gasteiger partial charge < -0.3 is 19.7 Å². The van der Waals surface area contributed by atoms with Crippen molar-refractivity contribution in [3.05, 3.63) is 47.1 Å². The molecule has 33 heavy (non-hydrogen) atoms. The number of carbonyl (C=O) groups is 1. The first-order valence-corrected chi connectivity index (χ1v) is 12.4. The molecular formula is C28H42O5. The predicted molar refractivity (Wildman–Crippen MR) is 131 cm³/mol. The summed E-state index contributed by atoms with van der Waals surface area (Å²) in [5.41, 5.74) is 4.02. The highest BCUT2D eigenvalue weighted by Crippen LogP contribution is 2.55. The van der Waals surface area contributed by atoms with Crippen LogP contribution in [-0.4, -0.2) is 46.7 Å². The van der Waals surface area contributed by atoms with Gasteiger partial charge in [0.1, 0.15) is 5.60 Å². The first kappa shape index (κ1) is 25.9. The topological polar surface area (TPSA) is 76.0 Å². The van der Waals surface area contributed by atoms with Gasteiger partial charge in [0, 0.05) is 6.42 Å². The van der Waals surface area contributed by atoms with Crippen LogP contribution >= 0.6 is 0 Å². The zero-order valence-electron chi connectivity index (χ0n) is 21.0. The molecule has 0 unspecified atom stereocenters. The van der Waals surface area contributed by atoms with Gasteiger partial charge in [0.25, 0.3) is 0 Å². The standard InChI is InChI=1S/C28H42O5/c1-18-21(16-22(29)17-25(18)30)10-9-20-8-7-14-28(6)23(11-12-24(20)28)19(2)32-15-13-26(31)33-27(3,4)5/h9-11,19,22,24-25,29-30H,1,7-8,12-17H2,2-6H3/t19-,22+,24-,25-,28+/m0/s1. The minimum Gasteiger partial charge on any atom is -0.460 e. The van der Waals surface area contributed by atoms with Crippen molar-refractivity contribution in [3.63, 3.8) is 0 Å². The van der Waals surface area contributed by atoms with E-state index in [9.17, 15) is 15.0 Å². The molecule has 3 aliphatic carbocycles. The average Bonchev–Trinajstić information content (AvgIpc) is 3.05. The van der Waals surface area contributed by atoms with Gasteiger partial charge >= 0.3 is 5.97 Å². The third kappa shape index (κ3) is 6.26. The summed E-state index contributed by atoms with van der Waals surface area (Å²) in [4.78, 5) is 12.0. The first-order valence-electron chi connectivity index (χ1n) is 12.4. The Bertz CT molecular complexity index is 843. The summed E-state index contributed by atoms with van der Waals surface area (Å²) in [6.07, 6.45) is 10.9. The van der Waals surface area contributed by atoms with Gasteiger partial charge in [-0.05, 0) is 87.9 Å². The van der Waals surface area contributed by atoms with Crippen LogP contribution in [0.2, 0.25) is 0 Å². The minimum absolute atomic E-state index is 0.0384. The molecule has 3 aliphatic rings. The Balaban J connectivity index is 1.64. The zero-order chi connectivity index (χ0) is 24.4. The molecule has 0 radical (unpaired) electrons. The quantitative estimate of drug-likeness (QED) is 0.423. The molecule has 0 heterocycles. The smallest absolute Gasteiger partial charge is 0.308 e. The number of aliphatic hydroxyl groups excluding tert-OH is 2. The number of carbonyl (C=O) groups excluding carboxylic acids is 1. The third-order valence-electron chi connectivity index (χ3n) is 7.41. The Morgan fingerprint density at radius 2 is 2.06 bits per heavy atom. The van der Waals surface area contributed by atoms with Gasteiger partial charge in [-0.3, -0.25) is 4.79 Å². The highest BCUT2D eigenvalue weighted by molar-refractivity contribution is 5.69. The summed E-state index contributed by atoms with van der Waals surface area (Å²) in [6, 6.07) is 0. The van der Waals surface area contributed by atoms with Crippen LogP contribution in [0.1, 0.15) is 79.6 Å². The molecule has 0 spiro atoms. The lowest BCUT2D eigenvalue weighted by atomic mass is 9.63. The van der Waals surface area contributed by atoms with Crippen molar-refractivity contribution in [2.24, 2.45) is 11.3 Å². The molecule has 0 amide bonds. The summed E-state index contributed by atoms with van der Waals surface area (Å²) in [7, 11) is 0. The van der Waals surface area contributed by atoms with E-state index in [2.05, 4.69) is 38.7 Å². The van der Waals surface area contributed by atoms with Gasteiger partial charge in [0.05, 0.1) is 31.3 Å². The molecule has 0 aromatic heterocycles. The lowest BCUT2D eigenvalue weighted by molar-refractivity contribution is -0.156. The van der Waals surface area contributed by atoms with E-state index >= 15 is 0 Å². The normalized spacial score (nSPS) is 33.7. The maximum Gasteiger partial charge on any atom is 0.308 e. The molecule has 5 nitrogen and oxygen atoms in total. The molecule has 0 aromatic rings. The van der Waals surface area contributed by atoms with Gasteiger partial charge in [-0.15, -0.1) is 0 Å². The van der Waals surface area contributed by atoms with E-state index in [1.165, 1.54) is 11.1 Å². The van der Waals surface area contributed by atoms with Crippen LogP contribution in [-0.2, 0) is 14.3 Å². The molecule has 0 aliphatic heterocycles. The maximum atomic E-state index is 12.0. The average molecular weight is 459 g/mol. The molecule has 184 valence electrons. The zero-order valence-corrected chi connectivity index (χ0v) is 21.0. The second kappa shape index (κ2) is 10.3. The molecule has 5 atom stereocenters. The van der Waals surface area contributed by atoms with E-state index in [-0.39, 0.29) is 23.9 Å². The number of hydrogen-bond acceptors (Lipinski definition) is 5. The monoisotopic (exact) mass is 458 g/mol. The van der Waals surface area contributed by atoms with Crippen LogP contribution in [0.15, 0.2) is 47.1 Å². The molecule has 5 heteroatoms. The van der Waals surface area contributed by atoms with Gasteiger partial charge in [0.2, 0.25) is 0 Å². The highest BCUT2D eigenvalue weighted by Gasteiger charge is 2.46. The van der Waals surface area contributed by atoms with Crippen LogP contribution in [0.5, 0.6) is 0 Å². The summed E-state index contributed by atoms with van der Waals surface area (Å²) >= 11 is 0. The summed E-state index contributed by atoms with van der Waals surface area (Å²) < 4.78 is 11.5. The number of fused-ring (bicyclic) bond motifs is 1. The lowest BCUT2D eigenvalue weighted by Crippen LogP contribution is -2.34. The predicted octanol–water partition coefficient (Wildman–Crippen LogP) is 5.18. The van der Waals surface area contributed by atoms with Gasteiger partial charge in [-0.25, -0.2) is 0 Å². The molecule has 3 rings (SSSR count). The fraction of sp³-hybridized carbons (Fsp3) is 0.679. The fourth-order valence-corrected chi connectivity index (χ4v) is 5.75. The van der Waals surface area contributed by atoms with E-state index in [0.29, 0.717) is 25.4 Å². The Labute approximate surface area is 199 Å². The number of esters is 1. The van der Waals surface area contributed by atoms with E-state index in [4.69, 9.17) is 9.47 Å². The van der Waals surface area contributed by atoms with Crippen LogP contribution in [0.3, 0.4) is 0 Å². The number of allylic oxidation sites excluding steroid dienone is 4. The molecule has 2 fully saturated rings. The summed E-state index contributed by atoms with van der Waals surface area (Å²) in [5.74, 6) is 0.205. The van der Waals surface area contributed by atoms with Crippen molar-refractivity contribution < 1.29 is 24.5 Å². The highest BCUT2D eigenvalue weighted by atomic mass is 16.6. The van der Waals surface area contributed by atoms with Crippen molar-refractivity contribution >= 4 is 5.97 Å². The summed E-state index contributed by atoms with van der Waals surface area (Å²) in [5, 5.41) is 20.2. The molecule has 2 N–H and O–H groups in total. The fourth-order valence-electron chi connectivity index (χ4n) is 5.75. The Kier molecular flexibility index (Phi) is 8.08. The second-order valence-electron chi connectivity index (χ2n) is 11.1. The number of rotatable bonds is 6. The Hall–Kier alpha value is -1.69. The third-order valence-corrected chi connectivity index (χ3v) is 7.41. The van der Waals surface area contributed by atoms with Crippen LogP contribution in [0.25, 0.3) is 0 Å². The molecule has 2 saturated carbocycles. The van der Waals surface area contributed by atoms with Crippen LogP contribution < -0.4 is 0 Å². The van der Waals surface area contributed by atoms with Crippen LogP contribution in [0.4, 0.5) is 0 Å². The number of aliphatic hydroxyl groups is 2. The van der Waals surface area contributed by atoms with E-state index < -0.39 is 17.8 Å². The first-order chi connectivity index (χ1) is 15.4. The largest absolute Gasteiger partial charge is 0.460 e.